The van der Waals surface area contributed by atoms with Gasteiger partial charge in [0, 0.05) is 0 Å². The van der Waals surface area contributed by atoms with E-state index in [2.05, 4.69) is 9.97 Å². The minimum absolute atomic E-state index is 0.105. The zero-order chi connectivity index (χ0) is 11.4. The maximum Gasteiger partial charge on any atom is 0.261 e. The number of hydrogen-bond donors (Lipinski definition) is 2. The summed E-state index contributed by atoms with van der Waals surface area (Å²) in [4.78, 5) is 7.02. The molecule has 1 aromatic heterocycles. The smallest absolute Gasteiger partial charge is 0.261 e. The second-order valence-corrected chi connectivity index (χ2v) is 3.12. The summed E-state index contributed by atoms with van der Waals surface area (Å²) < 4.78 is 5.23. The molecule has 2 aromatic rings. The van der Waals surface area contributed by atoms with Crippen molar-refractivity contribution >= 4 is 0 Å². The van der Waals surface area contributed by atoms with Gasteiger partial charge < -0.3 is 14.9 Å². The van der Waals surface area contributed by atoms with Gasteiger partial charge in [0.2, 0.25) is 5.75 Å². The molecule has 5 nitrogen and oxygen atoms in total. The zero-order valence-corrected chi connectivity index (χ0v) is 8.37. The number of hydrogen-bond acceptors (Lipinski definition) is 5. The Bertz CT molecular complexity index is 454. The molecule has 0 bridgehead atoms. The molecular formula is C11H10N2O3. The Morgan fingerprint density at radius 1 is 1.00 bits per heavy atom. The van der Waals surface area contributed by atoms with Crippen molar-refractivity contribution in [1.82, 2.24) is 9.97 Å². The van der Waals surface area contributed by atoms with Crippen molar-refractivity contribution in [1.29, 1.82) is 0 Å². The summed E-state index contributed by atoms with van der Waals surface area (Å²) in [6, 6.07) is 9.39. The minimum Gasteiger partial charge on any atom is -0.490 e. The number of aromatic nitrogens is 2. The molecule has 0 spiro atoms. The van der Waals surface area contributed by atoms with Crippen LogP contribution in [0.2, 0.25) is 0 Å². The molecule has 0 atom stereocenters. The van der Waals surface area contributed by atoms with E-state index in [1.165, 1.54) is 0 Å². The van der Waals surface area contributed by atoms with Gasteiger partial charge in [-0.15, -0.1) is 0 Å². The Labute approximate surface area is 92.0 Å². The zero-order valence-electron chi connectivity index (χ0n) is 8.37. The van der Waals surface area contributed by atoms with Crippen molar-refractivity contribution in [2.45, 2.75) is 6.61 Å². The average Bonchev–Trinajstić information content (AvgIpc) is 2.30. The fraction of sp³-hybridized carbons (Fsp3) is 0.0909. The number of ether oxygens (including phenoxy) is 1. The van der Waals surface area contributed by atoms with Crippen LogP contribution in [0.25, 0.3) is 0 Å². The van der Waals surface area contributed by atoms with E-state index >= 15 is 0 Å². The fourth-order valence-corrected chi connectivity index (χ4v) is 1.21. The summed E-state index contributed by atoms with van der Waals surface area (Å²) in [6.07, 6.45) is 1.06. The van der Waals surface area contributed by atoms with Gasteiger partial charge in [-0.2, -0.15) is 9.97 Å². The highest BCUT2D eigenvalue weighted by molar-refractivity contribution is 5.39. The molecule has 0 aliphatic rings. The van der Waals surface area contributed by atoms with Gasteiger partial charge in [0.1, 0.15) is 12.9 Å². The van der Waals surface area contributed by atoms with Crippen LogP contribution in [0, 0.1) is 0 Å². The van der Waals surface area contributed by atoms with Crippen LogP contribution in [0.4, 0.5) is 0 Å². The lowest BCUT2D eigenvalue weighted by molar-refractivity contribution is 0.264. The molecule has 2 rings (SSSR count). The Balaban J connectivity index is 2.11. The number of benzene rings is 1. The Morgan fingerprint density at radius 3 is 2.25 bits per heavy atom. The van der Waals surface area contributed by atoms with Crippen LogP contribution in [0.15, 0.2) is 36.7 Å². The molecule has 82 valence electrons. The van der Waals surface area contributed by atoms with Gasteiger partial charge in [0.25, 0.3) is 11.8 Å². The highest BCUT2D eigenvalue weighted by atomic mass is 16.5. The van der Waals surface area contributed by atoms with Crippen molar-refractivity contribution in [2.75, 3.05) is 0 Å². The number of aromatic hydroxyl groups is 2. The highest BCUT2D eigenvalue weighted by Crippen LogP contribution is 2.31. The Kier molecular flexibility index (Phi) is 2.86. The molecular weight excluding hydrogens is 208 g/mol. The van der Waals surface area contributed by atoms with Crippen molar-refractivity contribution in [3.63, 3.8) is 0 Å². The summed E-state index contributed by atoms with van der Waals surface area (Å²) in [7, 11) is 0. The third-order valence-corrected chi connectivity index (χ3v) is 1.99. The van der Waals surface area contributed by atoms with Gasteiger partial charge in [0.15, 0.2) is 0 Å². The summed E-state index contributed by atoms with van der Waals surface area (Å²) in [5.74, 6) is -0.849. The van der Waals surface area contributed by atoms with Crippen molar-refractivity contribution in [3.05, 3.63) is 42.2 Å². The second-order valence-electron chi connectivity index (χ2n) is 3.12. The maximum atomic E-state index is 9.33. The Morgan fingerprint density at radius 2 is 1.62 bits per heavy atom. The summed E-state index contributed by atoms with van der Waals surface area (Å²) >= 11 is 0. The van der Waals surface area contributed by atoms with E-state index < -0.39 is 0 Å². The summed E-state index contributed by atoms with van der Waals surface area (Å²) in [6.45, 7) is 0.231. The van der Waals surface area contributed by atoms with Crippen molar-refractivity contribution in [2.24, 2.45) is 0 Å². The van der Waals surface area contributed by atoms with E-state index in [0.717, 1.165) is 11.9 Å². The molecule has 1 aromatic carbocycles. The molecule has 16 heavy (non-hydrogen) atoms. The van der Waals surface area contributed by atoms with Gasteiger partial charge in [0.05, 0.1) is 0 Å². The fourth-order valence-electron chi connectivity index (χ4n) is 1.21. The topological polar surface area (TPSA) is 75.5 Å². The molecule has 0 amide bonds. The SMILES string of the molecule is Oc1ncnc(O)c1OCc1ccccc1. The lowest BCUT2D eigenvalue weighted by Crippen LogP contribution is -1.97. The van der Waals surface area contributed by atoms with E-state index in [0.29, 0.717) is 0 Å². The van der Waals surface area contributed by atoms with Crippen LogP contribution in [0.3, 0.4) is 0 Å². The first-order valence-electron chi connectivity index (χ1n) is 4.67. The molecule has 0 fully saturated rings. The van der Waals surface area contributed by atoms with Crippen LogP contribution >= 0.6 is 0 Å². The third-order valence-electron chi connectivity index (χ3n) is 1.99. The third kappa shape index (κ3) is 2.20. The van der Waals surface area contributed by atoms with Crippen LogP contribution in [-0.4, -0.2) is 20.2 Å². The molecule has 0 aliphatic carbocycles. The van der Waals surface area contributed by atoms with E-state index in [9.17, 15) is 10.2 Å². The first kappa shape index (κ1) is 10.2. The highest BCUT2D eigenvalue weighted by Gasteiger charge is 2.10. The molecule has 2 N–H and O–H groups in total. The van der Waals surface area contributed by atoms with Gasteiger partial charge in [-0.25, -0.2) is 0 Å². The van der Waals surface area contributed by atoms with E-state index in [4.69, 9.17) is 4.74 Å². The molecule has 0 saturated heterocycles. The minimum atomic E-state index is -0.372. The van der Waals surface area contributed by atoms with E-state index in [-0.39, 0.29) is 24.1 Å². The molecule has 0 aliphatic heterocycles. The standard InChI is InChI=1S/C11H10N2O3/c14-10-9(11(15)13-7-12-10)16-6-8-4-2-1-3-5-8/h1-5,7H,6H2,(H2,12,13,14,15). The van der Waals surface area contributed by atoms with Crippen LogP contribution in [0.1, 0.15) is 5.56 Å². The second kappa shape index (κ2) is 4.48. The summed E-state index contributed by atoms with van der Waals surface area (Å²) in [5.41, 5.74) is 0.921. The largest absolute Gasteiger partial charge is 0.490 e. The van der Waals surface area contributed by atoms with Gasteiger partial charge in [-0.05, 0) is 5.56 Å². The van der Waals surface area contributed by atoms with Gasteiger partial charge in [-0.3, -0.25) is 0 Å². The molecule has 5 heteroatoms. The molecule has 0 radical (unpaired) electrons. The van der Waals surface area contributed by atoms with Crippen molar-refractivity contribution < 1.29 is 14.9 Å². The predicted octanol–water partition coefficient (Wildman–Crippen LogP) is 1.47. The van der Waals surface area contributed by atoms with Gasteiger partial charge >= 0.3 is 0 Å². The Hall–Kier alpha value is -2.30. The summed E-state index contributed by atoms with van der Waals surface area (Å²) in [5, 5.41) is 18.7. The lowest BCUT2D eigenvalue weighted by atomic mass is 10.2. The average molecular weight is 218 g/mol. The normalized spacial score (nSPS) is 10.0. The van der Waals surface area contributed by atoms with E-state index in [1.54, 1.807) is 0 Å². The van der Waals surface area contributed by atoms with Crippen LogP contribution in [-0.2, 0) is 6.61 Å². The quantitative estimate of drug-likeness (QED) is 0.815. The molecule has 0 saturated carbocycles. The van der Waals surface area contributed by atoms with Crippen molar-refractivity contribution in [3.8, 4) is 17.5 Å². The molecule has 1 heterocycles. The van der Waals surface area contributed by atoms with E-state index in [1.807, 2.05) is 30.3 Å². The molecule has 0 unspecified atom stereocenters. The predicted molar refractivity (Wildman–Crippen MR) is 56.1 cm³/mol. The monoisotopic (exact) mass is 218 g/mol. The first-order chi connectivity index (χ1) is 7.77. The van der Waals surface area contributed by atoms with Gasteiger partial charge in [-0.1, -0.05) is 30.3 Å². The number of nitrogens with zero attached hydrogens (tertiary/aromatic N) is 2. The van der Waals surface area contributed by atoms with Crippen LogP contribution in [0.5, 0.6) is 17.5 Å². The van der Waals surface area contributed by atoms with Crippen LogP contribution < -0.4 is 4.74 Å². The number of rotatable bonds is 3. The lowest BCUT2D eigenvalue weighted by Gasteiger charge is -2.07. The first-order valence-corrected chi connectivity index (χ1v) is 4.67. The maximum absolute atomic E-state index is 9.33.